The number of hydrogen-bond donors (Lipinski definition) is 0. The molecule has 0 aliphatic heterocycles. The third-order valence-electron chi connectivity index (χ3n) is 3.39. The van der Waals surface area contributed by atoms with Crippen molar-refractivity contribution < 1.29 is 0 Å². The molecule has 0 N–H and O–H groups in total. The van der Waals surface area contributed by atoms with Crippen LogP contribution in [0, 0.1) is 4.91 Å². The molecule has 0 radical (unpaired) electrons. The van der Waals surface area contributed by atoms with Crippen LogP contribution in [0.1, 0.15) is 18.5 Å². The highest BCUT2D eigenvalue weighted by atomic mass is 16.3. The molecule has 3 rings (SSSR count). The van der Waals surface area contributed by atoms with Gasteiger partial charge in [-0.25, -0.2) is 0 Å². The van der Waals surface area contributed by atoms with Gasteiger partial charge < -0.3 is 0 Å². The number of nitroso groups, excluding NO2 is 1. The van der Waals surface area contributed by atoms with Crippen LogP contribution in [0.5, 0.6) is 0 Å². The summed E-state index contributed by atoms with van der Waals surface area (Å²) in [5.41, 5.74) is 1.03. The molecule has 18 heavy (non-hydrogen) atoms. The van der Waals surface area contributed by atoms with Gasteiger partial charge in [-0.15, -0.1) is 0 Å². The molecule has 0 saturated carbocycles. The zero-order valence-electron chi connectivity index (χ0n) is 10.1. The maximum atomic E-state index is 10.9. The molecule has 2 heteroatoms. The van der Waals surface area contributed by atoms with Crippen LogP contribution < -0.4 is 0 Å². The van der Waals surface area contributed by atoms with E-state index in [1.54, 1.807) is 0 Å². The minimum atomic E-state index is -0.332. The molecular weight excluding hydrogens is 222 g/mol. The summed E-state index contributed by atoms with van der Waals surface area (Å²) in [6, 6.07) is 18.1. The van der Waals surface area contributed by atoms with Crippen LogP contribution >= 0.6 is 0 Å². The van der Waals surface area contributed by atoms with Crippen LogP contribution in [0.4, 0.5) is 0 Å². The molecule has 1 unspecified atom stereocenters. The van der Waals surface area contributed by atoms with Gasteiger partial charge in [-0.3, -0.25) is 0 Å². The van der Waals surface area contributed by atoms with Crippen molar-refractivity contribution in [2.24, 2.45) is 5.18 Å². The van der Waals surface area contributed by atoms with Crippen molar-refractivity contribution in [1.82, 2.24) is 0 Å². The Balaban J connectivity index is 2.53. The summed E-state index contributed by atoms with van der Waals surface area (Å²) in [7, 11) is 0. The Labute approximate surface area is 105 Å². The quantitative estimate of drug-likeness (QED) is 0.462. The maximum absolute atomic E-state index is 10.9. The lowest BCUT2D eigenvalue weighted by molar-refractivity contribution is 0.827. The standard InChI is InChI=1S/C16H13NO/c1-11(17-18)16-14-8-4-2-6-12(14)10-13-7-3-5-9-15(13)16/h2-11H,1H3. The van der Waals surface area contributed by atoms with Crippen LogP contribution in [-0.2, 0) is 0 Å². The zero-order valence-corrected chi connectivity index (χ0v) is 10.1. The molecule has 0 aromatic heterocycles. The van der Waals surface area contributed by atoms with Gasteiger partial charge in [0.2, 0.25) is 0 Å². The monoisotopic (exact) mass is 235 g/mol. The normalized spacial score (nSPS) is 12.7. The largest absolute Gasteiger partial charge is 0.150 e. The van der Waals surface area contributed by atoms with Gasteiger partial charge in [0.25, 0.3) is 0 Å². The summed E-state index contributed by atoms with van der Waals surface area (Å²) in [6.45, 7) is 1.85. The molecule has 0 bridgehead atoms. The van der Waals surface area contributed by atoms with Crippen molar-refractivity contribution in [2.75, 3.05) is 0 Å². The van der Waals surface area contributed by atoms with Gasteiger partial charge in [0.05, 0.1) is 0 Å². The Bertz CT molecular complexity index is 679. The number of nitrogens with zero attached hydrogens (tertiary/aromatic N) is 1. The van der Waals surface area contributed by atoms with Gasteiger partial charge in [-0.1, -0.05) is 53.7 Å². The predicted octanol–water partition coefficient (Wildman–Crippen LogP) is 4.82. The molecular formula is C16H13NO. The Morgan fingerprint density at radius 3 is 1.89 bits per heavy atom. The summed E-state index contributed by atoms with van der Waals surface area (Å²) < 4.78 is 0. The van der Waals surface area contributed by atoms with Crippen molar-refractivity contribution in [2.45, 2.75) is 13.0 Å². The first kappa shape index (κ1) is 10.9. The Hall–Kier alpha value is -2.22. The second-order valence-electron chi connectivity index (χ2n) is 4.51. The smallest absolute Gasteiger partial charge is 0.115 e. The van der Waals surface area contributed by atoms with E-state index in [9.17, 15) is 4.91 Å². The average Bonchev–Trinajstić information content (AvgIpc) is 2.44. The van der Waals surface area contributed by atoms with Crippen LogP contribution in [0.15, 0.2) is 59.8 Å². The number of hydrogen-bond acceptors (Lipinski definition) is 2. The topological polar surface area (TPSA) is 29.4 Å². The zero-order chi connectivity index (χ0) is 12.5. The SMILES string of the molecule is CC(N=O)c1c2ccccc2cc2ccccc12. The molecule has 0 aliphatic carbocycles. The lowest BCUT2D eigenvalue weighted by atomic mass is 9.93. The lowest BCUT2D eigenvalue weighted by Gasteiger charge is -2.12. The summed E-state index contributed by atoms with van der Waals surface area (Å²) in [4.78, 5) is 10.9. The highest BCUT2D eigenvalue weighted by Gasteiger charge is 2.13. The third-order valence-corrected chi connectivity index (χ3v) is 3.39. The molecule has 0 fully saturated rings. The first-order chi connectivity index (χ1) is 8.81. The maximum Gasteiger partial charge on any atom is 0.115 e. The molecule has 0 spiro atoms. The van der Waals surface area contributed by atoms with Crippen LogP contribution in [0.3, 0.4) is 0 Å². The van der Waals surface area contributed by atoms with Crippen molar-refractivity contribution in [3.05, 3.63) is 65.1 Å². The lowest BCUT2D eigenvalue weighted by Crippen LogP contribution is -1.93. The summed E-state index contributed by atoms with van der Waals surface area (Å²) in [5.74, 6) is 0. The van der Waals surface area contributed by atoms with E-state index >= 15 is 0 Å². The first-order valence-corrected chi connectivity index (χ1v) is 6.04. The Morgan fingerprint density at radius 2 is 1.39 bits per heavy atom. The number of fused-ring (bicyclic) bond motifs is 2. The Morgan fingerprint density at radius 1 is 0.889 bits per heavy atom. The second-order valence-corrected chi connectivity index (χ2v) is 4.51. The van der Waals surface area contributed by atoms with Crippen molar-refractivity contribution in [1.29, 1.82) is 0 Å². The van der Waals surface area contributed by atoms with E-state index in [1.807, 2.05) is 31.2 Å². The fourth-order valence-electron chi connectivity index (χ4n) is 2.55. The highest BCUT2D eigenvalue weighted by Crippen LogP contribution is 2.33. The van der Waals surface area contributed by atoms with Crippen molar-refractivity contribution in [3.63, 3.8) is 0 Å². The van der Waals surface area contributed by atoms with E-state index in [4.69, 9.17) is 0 Å². The molecule has 2 nitrogen and oxygen atoms in total. The second kappa shape index (κ2) is 4.22. The third kappa shape index (κ3) is 1.58. The molecule has 3 aromatic carbocycles. The molecule has 0 heterocycles. The van der Waals surface area contributed by atoms with E-state index < -0.39 is 0 Å². The fraction of sp³-hybridized carbons (Fsp3) is 0.125. The summed E-state index contributed by atoms with van der Waals surface area (Å²) in [6.07, 6.45) is 0. The number of benzene rings is 3. The minimum Gasteiger partial charge on any atom is -0.150 e. The minimum absolute atomic E-state index is 0.332. The molecule has 0 amide bonds. The van der Waals surface area contributed by atoms with Crippen LogP contribution in [0.2, 0.25) is 0 Å². The van der Waals surface area contributed by atoms with Gasteiger partial charge in [0.1, 0.15) is 6.04 Å². The van der Waals surface area contributed by atoms with Gasteiger partial charge in [-0.2, -0.15) is 4.91 Å². The van der Waals surface area contributed by atoms with Gasteiger partial charge in [-0.05, 0) is 40.1 Å². The predicted molar refractivity (Wildman–Crippen MR) is 75.7 cm³/mol. The molecule has 0 aliphatic rings. The first-order valence-electron chi connectivity index (χ1n) is 6.04. The van der Waals surface area contributed by atoms with Gasteiger partial charge in [0, 0.05) is 0 Å². The van der Waals surface area contributed by atoms with Gasteiger partial charge >= 0.3 is 0 Å². The van der Waals surface area contributed by atoms with Crippen molar-refractivity contribution in [3.8, 4) is 0 Å². The van der Waals surface area contributed by atoms with E-state index in [1.165, 1.54) is 0 Å². The molecule has 88 valence electrons. The Kier molecular flexibility index (Phi) is 2.56. The van der Waals surface area contributed by atoms with E-state index in [0.29, 0.717) is 0 Å². The van der Waals surface area contributed by atoms with E-state index in [-0.39, 0.29) is 6.04 Å². The van der Waals surface area contributed by atoms with Crippen molar-refractivity contribution >= 4 is 21.5 Å². The molecule has 3 aromatic rings. The summed E-state index contributed by atoms with van der Waals surface area (Å²) >= 11 is 0. The van der Waals surface area contributed by atoms with Crippen LogP contribution in [-0.4, -0.2) is 0 Å². The molecule has 1 atom stereocenters. The molecule has 0 saturated heterocycles. The van der Waals surface area contributed by atoms with E-state index in [2.05, 4.69) is 35.5 Å². The highest BCUT2D eigenvalue weighted by molar-refractivity contribution is 6.02. The summed E-state index contributed by atoms with van der Waals surface area (Å²) in [5, 5.41) is 7.75. The van der Waals surface area contributed by atoms with Gasteiger partial charge in [0.15, 0.2) is 0 Å². The average molecular weight is 235 g/mol. The number of rotatable bonds is 2. The van der Waals surface area contributed by atoms with E-state index in [0.717, 1.165) is 27.1 Å². The fourth-order valence-corrected chi connectivity index (χ4v) is 2.55. The van der Waals surface area contributed by atoms with Crippen LogP contribution in [0.25, 0.3) is 21.5 Å².